The molecule has 1 aromatic rings. The van der Waals surface area contributed by atoms with Crippen molar-refractivity contribution in [1.82, 2.24) is 4.31 Å². The number of benzene rings is 1. The Morgan fingerprint density at radius 2 is 1.90 bits per heavy atom. The first-order valence-electron chi connectivity index (χ1n) is 7.03. The molecule has 2 rings (SSSR count). The van der Waals surface area contributed by atoms with E-state index >= 15 is 0 Å². The van der Waals surface area contributed by atoms with Crippen LogP contribution in [-0.4, -0.2) is 38.9 Å². The summed E-state index contributed by atoms with van der Waals surface area (Å²) in [4.78, 5) is 2.41. The highest BCUT2D eigenvalue weighted by Gasteiger charge is 2.28. The predicted octanol–water partition coefficient (Wildman–Crippen LogP) is 2.75. The lowest BCUT2D eigenvalue weighted by Gasteiger charge is -2.22. The van der Waals surface area contributed by atoms with Gasteiger partial charge in [-0.25, -0.2) is 8.42 Å². The van der Waals surface area contributed by atoms with Crippen molar-refractivity contribution in [1.29, 1.82) is 0 Å². The fourth-order valence-corrected chi connectivity index (χ4v) is 4.69. The number of halogens is 1. The molecule has 0 saturated heterocycles. The molecule has 0 aliphatic carbocycles. The summed E-state index contributed by atoms with van der Waals surface area (Å²) in [7, 11) is -3.51. The van der Waals surface area contributed by atoms with E-state index in [-0.39, 0.29) is 4.90 Å². The zero-order chi connectivity index (χ0) is 14.9. The van der Waals surface area contributed by atoms with Crippen molar-refractivity contribution in [3.63, 3.8) is 0 Å². The number of hydrogen-bond acceptors (Lipinski definition) is 3. The molecule has 20 heavy (non-hydrogen) atoms. The Labute approximate surface area is 126 Å². The first-order chi connectivity index (χ1) is 9.45. The van der Waals surface area contributed by atoms with Gasteiger partial charge in [-0.1, -0.05) is 25.4 Å². The highest BCUT2D eigenvalue weighted by atomic mass is 35.5. The fraction of sp³-hybridized carbons (Fsp3) is 0.571. The third-order valence-corrected chi connectivity index (χ3v) is 6.34. The monoisotopic (exact) mass is 316 g/mol. The van der Waals surface area contributed by atoms with Crippen molar-refractivity contribution in [3.05, 3.63) is 22.7 Å². The van der Waals surface area contributed by atoms with Crippen LogP contribution >= 0.6 is 11.6 Å². The van der Waals surface area contributed by atoms with Crippen LogP contribution in [0, 0.1) is 0 Å². The normalized spacial score (nSPS) is 14.9. The molecule has 1 aromatic carbocycles. The maximum atomic E-state index is 12.6. The van der Waals surface area contributed by atoms with E-state index in [0.29, 0.717) is 18.1 Å². The van der Waals surface area contributed by atoms with Crippen molar-refractivity contribution in [2.24, 2.45) is 0 Å². The number of rotatable bonds is 5. The lowest BCUT2D eigenvalue weighted by atomic mass is 10.2. The van der Waals surface area contributed by atoms with Crippen molar-refractivity contribution < 1.29 is 8.42 Å². The van der Waals surface area contributed by atoms with Gasteiger partial charge in [0.15, 0.2) is 0 Å². The molecule has 0 amide bonds. The summed E-state index contributed by atoms with van der Waals surface area (Å²) in [6.45, 7) is 8.44. The van der Waals surface area contributed by atoms with Gasteiger partial charge in [0.2, 0.25) is 10.0 Å². The zero-order valence-electron chi connectivity index (χ0n) is 12.2. The first-order valence-corrected chi connectivity index (χ1v) is 8.85. The topological polar surface area (TPSA) is 40.6 Å². The molecular formula is C14H21ClN2O2S. The smallest absolute Gasteiger partial charge is 0.244 e. The molecule has 0 fully saturated rings. The van der Waals surface area contributed by atoms with Gasteiger partial charge in [0.05, 0.1) is 5.02 Å². The molecule has 0 aromatic heterocycles. The molecule has 6 heteroatoms. The maximum Gasteiger partial charge on any atom is 0.244 e. The number of anilines is 1. The largest absolute Gasteiger partial charge is 0.371 e. The summed E-state index contributed by atoms with van der Waals surface area (Å²) in [6, 6.07) is 3.55. The number of sulfonamides is 1. The van der Waals surface area contributed by atoms with Crippen LogP contribution in [0.2, 0.25) is 5.02 Å². The average Bonchev–Trinajstić information content (AvgIpc) is 2.80. The molecular weight excluding hydrogens is 296 g/mol. The molecule has 0 spiro atoms. The van der Waals surface area contributed by atoms with E-state index in [2.05, 4.69) is 11.8 Å². The third-order valence-electron chi connectivity index (χ3n) is 3.83. The fourth-order valence-electron chi connectivity index (χ4n) is 2.68. The molecule has 1 heterocycles. The summed E-state index contributed by atoms with van der Waals surface area (Å²) in [5.41, 5.74) is 2.14. The maximum absolute atomic E-state index is 12.6. The first kappa shape index (κ1) is 15.6. The number of hydrogen-bond donors (Lipinski definition) is 0. The molecule has 0 N–H and O–H groups in total. The van der Waals surface area contributed by atoms with Gasteiger partial charge < -0.3 is 4.90 Å². The summed E-state index contributed by atoms with van der Waals surface area (Å²) in [5, 5.41) is 0.327. The van der Waals surface area contributed by atoms with E-state index < -0.39 is 10.0 Å². The van der Waals surface area contributed by atoms with Crippen LogP contribution in [0.4, 0.5) is 5.69 Å². The van der Waals surface area contributed by atoms with E-state index in [1.807, 2.05) is 19.9 Å². The van der Waals surface area contributed by atoms with Gasteiger partial charge in [-0.3, -0.25) is 0 Å². The molecule has 112 valence electrons. The predicted molar refractivity (Wildman–Crippen MR) is 83.1 cm³/mol. The minimum atomic E-state index is -3.51. The molecule has 0 radical (unpaired) electrons. The molecule has 4 nitrogen and oxygen atoms in total. The Kier molecular flexibility index (Phi) is 4.62. The van der Waals surface area contributed by atoms with E-state index in [9.17, 15) is 8.42 Å². The van der Waals surface area contributed by atoms with E-state index in [1.54, 1.807) is 6.07 Å². The third kappa shape index (κ3) is 2.54. The van der Waals surface area contributed by atoms with Crippen LogP contribution < -0.4 is 4.90 Å². The van der Waals surface area contributed by atoms with Crippen LogP contribution in [-0.2, 0) is 16.4 Å². The second-order valence-corrected chi connectivity index (χ2v) is 7.14. The van der Waals surface area contributed by atoms with Gasteiger partial charge in [0.25, 0.3) is 0 Å². The number of likely N-dealkylation sites (N-methyl/N-ethyl adjacent to an activating group) is 1. The molecule has 0 atom stereocenters. The van der Waals surface area contributed by atoms with Crippen LogP contribution in [0.3, 0.4) is 0 Å². The van der Waals surface area contributed by atoms with Gasteiger partial charge >= 0.3 is 0 Å². The molecule has 0 unspecified atom stereocenters. The van der Waals surface area contributed by atoms with Crippen molar-refractivity contribution in [3.8, 4) is 0 Å². The molecule has 1 aliphatic rings. The highest BCUT2D eigenvalue weighted by Crippen LogP contribution is 2.36. The second-order valence-electron chi connectivity index (χ2n) is 4.83. The Morgan fingerprint density at radius 1 is 1.25 bits per heavy atom. The van der Waals surface area contributed by atoms with Gasteiger partial charge in [-0.2, -0.15) is 4.31 Å². The van der Waals surface area contributed by atoms with Crippen molar-refractivity contribution >= 4 is 27.3 Å². The Hall–Kier alpha value is -0.780. The van der Waals surface area contributed by atoms with Gasteiger partial charge in [-0.15, -0.1) is 0 Å². The SMILES string of the molecule is CCN1CCc2cc(Cl)c(S(=O)(=O)N(CC)CC)cc21. The number of fused-ring (bicyclic) bond motifs is 1. The Morgan fingerprint density at radius 3 is 2.45 bits per heavy atom. The van der Waals surface area contributed by atoms with Crippen LogP contribution in [0.1, 0.15) is 26.3 Å². The number of nitrogens with zero attached hydrogens (tertiary/aromatic N) is 2. The standard InChI is InChI=1S/C14H21ClN2O2S/c1-4-16-8-7-11-9-12(15)14(10-13(11)16)20(18,19)17(5-2)6-3/h9-10H,4-8H2,1-3H3. The summed E-state index contributed by atoms with van der Waals surface area (Å²) < 4.78 is 26.7. The second kappa shape index (κ2) is 5.92. The minimum Gasteiger partial charge on any atom is -0.371 e. The van der Waals surface area contributed by atoms with Crippen LogP contribution in [0.25, 0.3) is 0 Å². The Bertz CT molecular complexity index is 597. The molecule has 1 aliphatic heterocycles. The summed E-state index contributed by atoms with van der Waals surface area (Å²) in [5.74, 6) is 0. The Balaban J connectivity index is 2.53. The van der Waals surface area contributed by atoms with Gasteiger partial charge in [0.1, 0.15) is 4.90 Å². The van der Waals surface area contributed by atoms with Crippen molar-refractivity contribution in [2.45, 2.75) is 32.1 Å². The summed E-state index contributed by atoms with van der Waals surface area (Å²) in [6.07, 6.45) is 0.925. The van der Waals surface area contributed by atoms with Gasteiger partial charge in [0, 0.05) is 31.9 Å². The zero-order valence-corrected chi connectivity index (χ0v) is 13.8. The minimum absolute atomic E-state index is 0.224. The average molecular weight is 317 g/mol. The highest BCUT2D eigenvalue weighted by molar-refractivity contribution is 7.89. The summed E-state index contributed by atoms with van der Waals surface area (Å²) >= 11 is 6.22. The lowest BCUT2D eigenvalue weighted by Crippen LogP contribution is -2.31. The van der Waals surface area contributed by atoms with Gasteiger partial charge in [-0.05, 0) is 31.0 Å². The van der Waals surface area contributed by atoms with Crippen LogP contribution in [0.5, 0.6) is 0 Å². The molecule has 0 bridgehead atoms. The van der Waals surface area contributed by atoms with Crippen LogP contribution in [0.15, 0.2) is 17.0 Å². The van der Waals surface area contributed by atoms with E-state index in [0.717, 1.165) is 30.8 Å². The van der Waals surface area contributed by atoms with E-state index in [1.165, 1.54) is 4.31 Å². The molecule has 0 saturated carbocycles. The quantitative estimate of drug-likeness (QED) is 0.838. The van der Waals surface area contributed by atoms with E-state index in [4.69, 9.17) is 11.6 Å². The lowest BCUT2D eigenvalue weighted by molar-refractivity contribution is 0.445. The van der Waals surface area contributed by atoms with Crippen molar-refractivity contribution in [2.75, 3.05) is 31.1 Å².